The highest BCUT2D eigenvalue weighted by molar-refractivity contribution is 5.85. The van der Waals surface area contributed by atoms with Crippen LogP contribution < -0.4 is 16.4 Å². The molecule has 0 atom stereocenters. The minimum Gasteiger partial charge on any atom is -0.399 e. The molecule has 1 aromatic rings. The van der Waals surface area contributed by atoms with Gasteiger partial charge >= 0.3 is 6.03 Å². The Morgan fingerprint density at radius 2 is 1.57 bits per heavy atom. The number of para-hydroxylation sites is 1. The molecule has 1 saturated heterocycles. The van der Waals surface area contributed by atoms with Crippen LogP contribution in [0.4, 0.5) is 10.5 Å². The molecule has 4 N–H and O–H groups in total. The van der Waals surface area contributed by atoms with Gasteiger partial charge in [0, 0.05) is 37.3 Å². The first-order valence-electron chi connectivity index (χ1n) is 10.3. The first-order valence-corrected chi connectivity index (χ1v) is 10.3. The maximum atomic E-state index is 12.5. The molecule has 6 nitrogen and oxygen atoms in total. The predicted molar refractivity (Wildman–Crippen MR) is 115 cm³/mol. The molecule has 3 rings (SSSR count). The Balaban J connectivity index is 0.00000280. The molecule has 1 saturated carbocycles. The van der Waals surface area contributed by atoms with Crippen molar-refractivity contribution in [1.82, 2.24) is 15.5 Å². The SMILES string of the molecule is Cl.Nc1ccccc1CCC(=O)N1CCC(NC(=O)NC2CCCCC2)CC1. The number of nitrogen functional groups attached to an aromatic ring is 1. The lowest BCUT2D eigenvalue weighted by Crippen LogP contribution is -2.51. The van der Waals surface area contributed by atoms with Gasteiger partial charge in [0.25, 0.3) is 0 Å². The van der Waals surface area contributed by atoms with Gasteiger partial charge in [-0.05, 0) is 43.7 Å². The van der Waals surface area contributed by atoms with E-state index in [9.17, 15) is 9.59 Å². The van der Waals surface area contributed by atoms with Crippen molar-refractivity contribution < 1.29 is 9.59 Å². The van der Waals surface area contributed by atoms with Crippen molar-refractivity contribution in [2.24, 2.45) is 0 Å². The van der Waals surface area contributed by atoms with Crippen molar-refractivity contribution in [2.45, 2.75) is 69.9 Å². The van der Waals surface area contributed by atoms with E-state index < -0.39 is 0 Å². The monoisotopic (exact) mass is 408 g/mol. The van der Waals surface area contributed by atoms with Crippen molar-refractivity contribution in [3.05, 3.63) is 29.8 Å². The van der Waals surface area contributed by atoms with Gasteiger partial charge in [-0.3, -0.25) is 4.79 Å². The fourth-order valence-electron chi connectivity index (χ4n) is 4.09. The summed E-state index contributed by atoms with van der Waals surface area (Å²) >= 11 is 0. The summed E-state index contributed by atoms with van der Waals surface area (Å²) in [4.78, 5) is 26.5. The van der Waals surface area contributed by atoms with Crippen LogP contribution in [0.3, 0.4) is 0 Å². The van der Waals surface area contributed by atoms with Crippen molar-refractivity contribution in [1.29, 1.82) is 0 Å². The molecular weight excluding hydrogens is 376 g/mol. The lowest BCUT2D eigenvalue weighted by molar-refractivity contribution is -0.132. The van der Waals surface area contributed by atoms with Gasteiger partial charge in [-0.25, -0.2) is 4.79 Å². The van der Waals surface area contributed by atoms with E-state index in [4.69, 9.17) is 5.73 Å². The molecule has 7 heteroatoms. The van der Waals surface area contributed by atoms with E-state index in [0.717, 1.165) is 36.9 Å². The summed E-state index contributed by atoms with van der Waals surface area (Å²) in [6.45, 7) is 1.41. The smallest absolute Gasteiger partial charge is 0.315 e. The highest BCUT2D eigenvalue weighted by Gasteiger charge is 2.24. The van der Waals surface area contributed by atoms with Gasteiger partial charge in [0.1, 0.15) is 0 Å². The summed E-state index contributed by atoms with van der Waals surface area (Å²) < 4.78 is 0. The lowest BCUT2D eigenvalue weighted by Gasteiger charge is -2.33. The molecule has 2 aliphatic rings. The van der Waals surface area contributed by atoms with Gasteiger partial charge in [-0.2, -0.15) is 0 Å². The molecule has 0 aromatic heterocycles. The first-order chi connectivity index (χ1) is 13.1. The minimum absolute atomic E-state index is 0. The third kappa shape index (κ3) is 6.59. The average molecular weight is 409 g/mol. The van der Waals surface area contributed by atoms with Gasteiger partial charge in [-0.1, -0.05) is 37.5 Å². The summed E-state index contributed by atoms with van der Waals surface area (Å²) in [6, 6.07) is 8.13. The van der Waals surface area contributed by atoms with Gasteiger partial charge in [0.2, 0.25) is 5.91 Å². The Bertz CT molecular complexity index is 641. The second kappa shape index (κ2) is 11.1. The summed E-state index contributed by atoms with van der Waals surface area (Å²) in [5.41, 5.74) is 7.72. The number of halogens is 1. The van der Waals surface area contributed by atoms with Crippen molar-refractivity contribution >= 4 is 30.0 Å². The lowest BCUT2D eigenvalue weighted by atomic mass is 9.96. The molecule has 2 fully saturated rings. The number of urea groups is 1. The van der Waals surface area contributed by atoms with E-state index in [1.54, 1.807) is 0 Å². The molecular formula is C21H33ClN4O2. The normalized spacial score (nSPS) is 18.2. The summed E-state index contributed by atoms with van der Waals surface area (Å²) in [5, 5.41) is 6.19. The number of likely N-dealkylation sites (tertiary alicyclic amines) is 1. The molecule has 3 amide bonds. The number of nitrogens with one attached hydrogen (secondary N) is 2. The topological polar surface area (TPSA) is 87.5 Å². The maximum absolute atomic E-state index is 12.5. The number of anilines is 1. The Morgan fingerprint density at radius 3 is 2.21 bits per heavy atom. The number of hydrogen-bond donors (Lipinski definition) is 3. The molecule has 0 spiro atoms. The minimum atomic E-state index is -0.0498. The number of piperidine rings is 1. The summed E-state index contributed by atoms with van der Waals surface area (Å²) in [5.74, 6) is 0.170. The van der Waals surface area contributed by atoms with Crippen molar-refractivity contribution in [3.63, 3.8) is 0 Å². The molecule has 1 aromatic carbocycles. The highest BCUT2D eigenvalue weighted by atomic mass is 35.5. The van der Waals surface area contributed by atoms with Gasteiger partial charge in [-0.15, -0.1) is 12.4 Å². The number of hydrogen-bond acceptors (Lipinski definition) is 3. The molecule has 1 heterocycles. The van der Waals surface area contributed by atoms with Crippen LogP contribution in [-0.4, -0.2) is 42.0 Å². The average Bonchev–Trinajstić information content (AvgIpc) is 2.68. The number of benzene rings is 1. The molecule has 0 radical (unpaired) electrons. The Hall–Kier alpha value is -1.95. The molecule has 156 valence electrons. The van der Waals surface area contributed by atoms with E-state index in [2.05, 4.69) is 10.6 Å². The zero-order valence-electron chi connectivity index (χ0n) is 16.5. The van der Waals surface area contributed by atoms with Crippen LogP contribution >= 0.6 is 12.4 Å². The second-order valence-electron chi connectivity index (χ2n) is 7.81. The Morgan fingerprint density at radius 1 is 0.964 bits per heavy atom. The Kier molecular flexibility index (Phi) is 8.90. The van der Waals surface area contributed by atoms with Gasteiger partial charge in [0.05, 0.1) is 0 Å². The number of nitrogens with zero attached hydrogens (tertiary/aromatic N) is 1. The largest absolute Gasteiger partial charge is 0.399 e. The fourth-order valence-corrected chi connectivity index (χ4v) is 4.09. The quantitative estimate of drug-likeness (QED) is 0.653. The van der Waals surface area contributed by atoms with Crippen LogP contribution in [0.1, 0.15) is 56.9 Å². The highest BCUT2D eigenvalue weighted by Crippen LogP contribution is 2.18. The van der Waals surface area contributed by atoms with Crippen LogP contribution in [0.15, 0.2) is 24.3 Å². The third-order valence-electron chi connectivity index (χ3n) is 5.79. The standard InChI is InChI=1S/C21H32N4O2.ClH/c22-19-9-5-4-6-16(19)10-11-20(26)25-14-12-18(13-15-25)24-21(27)23-17-7-2-1-3-8-17;/h4-6,9,17-18H,1-3,7-8,10-15,22H2,(H2,23,24,27);1H. The van der Waals surface area contributed by atoms with E-state index in [0.29, 0.717) is 32.0 Å². The zero-order valence-corrected chi connectivity index (χ0v) is 17.3. The zero-order chi connectivity index (χ0) is 19.1. The number of aryl methyl sites for hydroxylation is 1. The van der Waals surface area contributed by atoms with E-state index in [-0.39, 0.29) is 30.4 Å². The van der Waals surface area contributed by atoms with Gasteiger partial charge < -0.3 is 21.3 Å². The molecule has 1 aliphatic carbocycles. The number of amides is 3. The Labute approximate surface area is 174 Å². The fraction of sp³-hybridized carbons (Fsp3) is 0.619. The van der Waals surface area contributed by atoms with Crippen LogP contribution in [0.2, 0.25) is 0 Å². The number of nitrogens with two attached hydrogens (primary N) is 1. The van der Waals surface area contributed by atoms with Crippen LogP contribution in [0, 0.1) is 0 Å². The summed E-state index contributed by atoms with van der Waals surface area (Å²) in [6.07, 6.45) is 8.67. The van der Waals surface area contributed by atoms with Gasteiger partial charge in [0.15, 0.2) is 0 Å². The second-order valence-corrected chi connectivity index (χ2v) is 7.81. The van der Waals surface area contributed by atoms with Crippen LogP contribution in [0.5, 0.6) is 0 Å². The van der Waals surface area contributed by atoms with E-state index in [1.165, 1.54) is 19.3 Å². The van der Waals surface area contributed by atoms with E-state index >= 15 is 0 Å². The third-order valence-corrected chi connectivity index (χ3v) is 5.79. The van der Waals surface area contributed by atoms with Crippen LogP contribution in [-0.2, 0) is 11.2 Å². The number of rotatable bonds is 5. The molecule has 1 aliphatic heterocycles. The summed E-state index contributed by atoms with van der Waals surface area (Å²) in [7, 11) is 0. The maximum Gasteiger partial charge on any atom is 0.315 e. The van der Waals surface area contributed by atoms with Crippen LogP contribution in [0.25, 0.3) is 0 Å². The number of carbonyl (C=O) groups is 2. The molecule has 0 unspecified atom stereocenters. The molecule has 28 heavy (non-hydrogen) atoms. The van der Waals surface area contributed by atoms with E-state index in [1.807, 2.05) is 29.2 Å². The van der Waals surface area contributed by atoms with Crippen molar-refractivity contribution in [3.8, 4) is 0 Å². The first kappa shape index (κ1) is 22.3. The van der Waals surface area contributed by atoms with Crippen molar-refractivity contribution in [2.75, 3.05) is 18.8 Å². The number of carbonyl (C=O) groups excluding carboxylic acids is 2. The molecule has 0 bridgehead atoms. The predicted octanol–water partition coefficient (Wildman–Crippen LogP) is 3.25.